The summed E-state index contributed by atoms with van der Waals surface area (Å²) >= 11 is 0. The van der Waals surface area contributed by atoms with E-state index >= 15 is 0 Å². The van der Waals surface area contributed by atoms with Gasteiger partial charge in [0, 0.05) is 43.5 Å². The minimum atomic E-state index is -0.534. The van der Waals surface area contributed by atoms with Gasteiger partial charge in [0.05, 0.1) is 6.54 Å². The summed E-state index contributed by atoms with van der Waals surface area (Å²) in [5, 5.41) is 2.94. The molecule has 1 atom stereocenters. The standard InChI is InChI=1S/C27H44N4O4/c1-8-30(9-2)25(33)22-13-10-14-23(16-22)28-24(32)19-29-15-11-12-21(17-29)18-31(20(3)4)26(34)35-27(5,6)7/h10,13-14,16,20-21H,8-9,11-12,15,17-19H2,1-7H3,(H,28,32). The van der Waals surface area contributed by atoms with Crippen molar-refractivity contribution in [3.63, 3.8) is 0 Å². The highest BCUT2D eigenvalue weighted by Crippen LogP contribution is 2.21. The molecule has 1 unspecified atom stereocenters. The van der Waals surface area contributed by atoms with E-state index in [0.717, 1.165) is 25.9 Å². The van der Waals surface area contributed by atoms with Crippen LogP contribution >= 0.6 is 0 Å². The first-order chi connectivity index (χ1) is 16.4. The van der Waals surface area contributed by atoms with Gasteiger partial charge in [-0.2, -0.15) is 0 Å². The summed E-state index contributed by atoms with van der Waals surface area (Å²) in [6.45, 7) is 17.3. The summed E-state index contributed by atoms with van der Waals surface area (Å²) in [7, 11) is 0. The van der Waals surface area contributed by atoms with Crippen LogP contribution in [-0.2, 0) is 9.53 Å². The van der Waals surface area contributed by atoms with Gasteiger partial charge in [-0.05, 0) is 92.0 Å². The highest BCUT2D eigenvalue weighted by atomic mass is 16.6. The summed E-state index contributed by atoms with van der Waals surface area (Å²) in [5.41, 5.74) is 0.659. The molecule has 0 aromatic heterocycles. The first-order valence-corrected chi connectivity index (χ1v) is 12.8. The van der Waals surface area contributed by atoms with E-state index in [0.29, 0.717) is 30.9 Å². The Morgan fingerprint density at radius 1 is 1.17 bits per heavy atom. The fraction of sp³-hybridized carbons (Fsp3) is 0.667. The number of amides is 3. The number of anilines is 1. The first kappa shape index (κ1) is 28.6. The van der Waals surface area contributed by atoms with E-state index in [4.69, 9.17) is 4.74 Å². The Hall–Kier alpha value is -2.61. The van der Waals surface area contributed by atoms with Gasteiger partial charge in [-0.15, -0.1) is 0 Å². The average molecular weight is 489 g/mol. The number of likely N-dealkylation sites (tertiary alicyclic amines) is 1. The number of benzene rings is 1. The van der Waals surface area contributed by atoms with Crippen LogP contribution in [0, 0.1) is 5.92 Å². The molecule has 1 heterocycles. The van der Waals surface area contributed by atoms with Crippen LogP contribution in [0.25, 0.3) is 0 Å². The second kappa shape index (κ2) is 12.9. The number of rotatable bonds is 9. The minimum absolute atomic E-state index is 0.0369. The Balaban J connectivity index is 1.95. The van der Waals surface area contributed by atoms with Crippen LogP contribution < -0.4 is 5.32 Å². The lowest BCUT2D eigenvalue weighted by Crippen LogP contribution is -2.48. The van der Waals surface area contributed by atoms with Crippen molar-refractivity contribution in [3.8, 4) is 0 Å². The number of ether oxygens (including phenoxy) is 1. The van der Waals surface area contributed by atoms with Gasteiger partial charge < -0.3 is 19.9 Å². The molecule has 8 nitrogen and oxygen atoms in total. The lowest BCUT2D eigenvalue weighted by Gasteiger charge is -2.37. The molecule has 196 valence electrons. The summed E-state index contributed by atoms with van der Waals surface area (Å²) < 4.78 is 5.60. The lowest BCUT2D eigenvalue weighted by atomic mass is 9.97. The molecule has 1 fully saturated rings. The van der Waals surface area contributed by atoms with Crippen LogP contribution in [0.2, 0.25) is 0 Å². The van der Waals surface area contributed by atoms with E-state index in [1.54, 1.807) is 34.1 Å². The molecule has 3 amide bonds. The molecular formula is C27H44N4O4. The van der Waals surface area contributed by atoms with Gasteiger partial charge in [-0.25, -0.2) is 4.79 Å². The van der Waals surface area contributed by atoms with Crippen molar-refractivity contribution in [1.82, 2.24) is 14.7 Å². The number of carbonyl (C=O) groups excluding carboxylic acids is 3. The van der Waals surface area contributed by atoms with Gasteiger partial charge in [0.25, 0.3) is 5.91 Å². The van der Waals surface area contributed by atoms with Gasteiger partial charge in [0.2, 0.25) is 5.91 Å². The monoisotopic (exact) mass is 488 g/mol. The summed E-state index contributed by atoms with van der Waals surface area (Å²) in [6.07, 6.45) is 1.70. The molecule has 0 spiro atoms. The molecular weight excluding hydrogens is 444 g/mol. The number of piperidine rings is 1. The third-order valence-electron chi connectivity index (χ3n) is 6.12. The van der Waals surface area contributed by atoms with Crippen molar-refractivity contribution < 1.29 is 19.1 Å². The van der Waals surface area contributed by atoms with Crippen LogP contribution in [-0.4, -0.2) is 83.5 Å². The number of hydrogen-bond donors (Lipinski definition) is 1. The van der Waals surface area contributed by atoms with E-state index in [9.17, 15) is 14.4 Å². The van der Waals surface area contributed by atoms with Crippen molar-refractivity contribution in [1.29, 1.82) is 0 Å². The SMILES string of the molecule is CCN(CC)C(=O)c1cccc(NC(=O)CN2CCCC(CN(C(=O)OC(C)(C)C)C(C)C)C2)c1. The first-order valence-electron chi connectivity index (χ1n) is 12.8. The highest BCUT2D eigenvalue weighted by Gasteiger charge is 2.29. The smallest absolute Gasteiger partial charge is 0.410 e. The minimum Gasteiger partial charge on any atom is -0.444 e. The largest absolute Gasteiger partial charge is 0.444 e. The quantitative estimate of drug-likeness (QED) is 0.555. The summed E-state index contributed by atoms with van der Waals surface area (Å²) in [6, 6.07) is 7.14. The third kappa shape index (κ3) is 9.17. The van der Waals surface area contributed by atoms with Crippen LogP contribution in [0.4, 0.5) is 10.5 Å². The van der Waals surface area contributed by atoms with E-state index in [1.807, 2.05) is 48.5 Å². The zero-order valence-corrected chi connectivity index (χ0v) is 22.6. The molecule has 35 heavy (non-hydrogen) atoms. The average Bonchev–Trinajstić information content (AvgIpc) is 2.77. The Morgan fingerprint density at radius 3 is 2.46 bits per heavy atom. The Bertz CT molecular complexity index is 861. The Morgan fingerprint density at radius 2 is 1.86 bits per heavy atom. The molecule has 0 radical (unpaired) electrons. The lowest BCUT2D eigenvalue weighted by molar-refractivity contribution is -0.117. The van der Waals surface area contributed by atoms with Crippen molar-refractivity contribution in [2.75, 3.05) is 44.6 Å². The maximum absolute atomic E-state index is 12.8. The third-order valence-corrected chi connectivity index (χ3v) is 6.12. The van der Waals surface area contributed by atoms with Crippen molar-refractivity contribution in [2.24, 2.45) is 5.92 Å². The van der Waals surface area contributed by atoms with E-state index in [-0.39, 0.29) is 36.4 Å². The zero-order chi connectivity index (χ0) is 26.2. The molecule has 0 aliphatic carbocycles. The van der Waals surface area contributed by atoms with E-state index in [1.165, 1.54) is 0 Å². The van der Waals surface area contributed by atoms with Crippen LogP contribution in [0.5, 0.6) is 0 Å². The van der Waals surface area contributed by atoms with Crippen molar-refractivity contribution >= 4 is 23.6 Å². The molecule has 1 saturated heterocycles. The number of hydrogen-bond acceptors (Lipinski definition) is 5. The molecule has 1 aromatic carbocycles. The van der Waals surface area contributed by atoms with Gasteiger partial charge >= 0.3 is 6.09 Å². The Labute approximate surface area is 211 Å². The normalized spacial score (nSPS) is 16.6. The topological polar surface area (TPSA) is 82.2 Å². The molecule has 2 rings (SSSR count). The fourth-order valence-electron chi connectivity index (χ4n) is 4.37. The summed E-state index contributed by atoms with van der Waals surface area (Å²) in [4.78, 5) is 43.8. The van der Waals surface area contributed by atoms with Crippen LogP contribution in [0.1, 0.15) is 71.7 Å². The molecule has 1 N–H and O–H groups in total. The maximum Gasteiger partial charge on any atom is 0.410 e. The van der Waals surface area contributed by atoms with E-state index < -0.39 is 5.60 Å². The molecule has 0 saturated carbocycles. The van der Waals surface area contributed by atoms with Crippen LogP contribution in [0.15, 0.2) is 24.3 Å². The van der Waals surface area contributed by atoms with Crippen molar-refractivity contribution in [3.05, 3.63) is 29.8 Å². The number of carbonyl (C=O) groups is 3. The maximum atomic E-state index is 12.8. The number of nitrogens with zero attached hydrogens (tertiary/aromatic N) is 3. The molecule has 1 aliphatic rings. The number of nitrogens with one attached hydrogen (secondary N) is 1. The highest BCUT2D eigenvalue weighted by molar-refractivity contribution is 5.97. The predicted octanol–water partition coefficient (Wildman–Crippen LogP) is 4.46. The molecule has 0 bridgehead atoms. The fourth-order valence-corrected chi connectivity index (χ4v) is 4.37. The van der Waals surface area contributed by atoms with Gasteiger partial charge in [0.15, 0.2) is 0 Å². The van der Waals surface area contributed by atoms with Crippen molar-refractivity contribution in [2.45, 2.75) is 73.0 Å². The van der Waals surface area contributed by atoms with Gasteiger partial charge in [0.1, 0.15) is 5.60 Å². The van der Waals surface area contributed by atoms with E-state index in [2.05, 4.69) is 10.2 Å². The second-order valence-electron chi connectivity index (χ2n) is 10.6. The van der Waals surface area contributed by atoms with Crippen LogP contribution in [0.3, 0.4) is 0 Å². The Kier molecular flexibility index (Phi) is 10.6. The molecule has 8 heteroatoms. The predicted molar refractivity (Wildman–Crippen MR) is 140 cm³/mol. The zero-order valence-electron chi connectivity index (χ0n) is 22.6. The van der Waals surface area contributed by atoms with Gasteiger partial charge in [-0.1, -0.05) is 6.07 Å². The second-order valence-corrected chi connectivity index (χ2v) is 10.6. The summed E-state index contributed by atoms with van der Waals surface area (Å²) in [5.74, 6) is 0.136. The van der Waals surface area contributed by atoms with Gasteiger partial charge in [-0.3, -0.25) is 14.5 Å². The molecule has 1 aliphatic heterocycles. The molecule has 1 aromatic rings.